The van der Waals surface area contributed by atoms with E-state index in [1.165, 1.54) is 0 Å². The Bertz CT molecular complexity index is 231. The molecule has 1 fully saturated rings. The Hall–Kier alpha value is -0.730. The lowest BCUT2D eigenvalue weighted by Gasteiger charge is -2.49. The van der Waals surface area contributed by atoms with Crippen molar-refractivity contribution in [3.8, 4) is 0 Å². The molecule has 0 N–H and O–H groups in total. The molecule has 0 aliphatic carbocycles. The van der Waals surface area contributed by atoms with Gasteiger partial charge in [-0.05, 0) is 33.6 Å². The molecule has 1 aliphatic rings. The van der Waals surface area contributed by atoms with E-state index in [0.717, 1.165) is 25.9 Å². The molecule has 0 radical (unpaired) electrons. The highest BCUT2D eigenvalue weighted by atomic mass is 16.6. The summed E-state index contributed by atoms with van der Waals surface area (Å²) in [6.45, 7) is 15.8. The van der Waals surface area contributed by atoms with E-state index in [9.17, 15) is 4.79 Å². The van der Waals surface area contributed by atoms with Crippen LogP contribution in [0.2, 0.25) is 0 Å². The van der Waals surface area contributed by atoms with Crippen molar-refractivity contribution in [2.24, 2.45) is 5.41 Å². The fourth-order valence-electron chi connectivity index (χ4n) is 1.92. The molecule has 0 atom stereocenters. The fourth-order valence-corrected chi connectivity index (χ4v) is 1.92. The predicted molar refractivity (Wildman–Crippen MR) is 72.2 cm³/mol. The minimum atomic E-state index is -0.381. The third-order valence-electron chi connectivity index (χ3n) is 3.20. The molecule has 0 bridgehead atoms. The maximum Gasteiger partial charge on any atom is 0.410 e. The maximum atomic E-state index is 11.7. The van der Waals surface area contributed by atoms with Crippen LogP contribution in [0.15, 0.2) is 0 Å². The smallest absolute Gasteiger partial charge is 0.410 e. The van der Waals surface area contributed by atoms with Gasteiger partial charge in [0.2, 0.25) is 0 Å². The van der Waals surface area contributed by atoms with Gasteiger partial charge < -0.3 is 9.64 Å². The molecule has 1 amide bonds. The quantitative estimate of drug-likeness (QED) is 0.731. The van der Waals surface area contributed by atoms with Crippen molar-refractivity contribution in [2.45, 2.75) is 66.9 Å². The number of hydrogen-bond acceptors (Lipinski definition) is 2. The standard InChI is InChI=1S/C12H23NO2.C2H6/c1-6-12(7-2)8-13(9-12)10(14)15-11(3,4)5;1-2/h6-9H2,1-5H3;1-2H3. The van der Waals surface area contributed by atoms with Crippen LogP contribution in [0.3, 0.4) is 0 Å². The summed E-state index contributed by atoms with van der Waals surface area (Å²) >= 11 is 0. The monoisotopic (exact) mass is 243 g/mol. The highest BCUT2D eigenvalue weighted by Crippen LogP contribution is 2.37. The minimum Gasteiger partial charge on any atom is -0.444 e. The van der Waals surface area contributed by atoms with Crippen molar-refractivity contribution < 1.29 is 9.53 Å². The molecule has 0 unspecified atom stereocenters. The topological polar surface area (TPSA) is 29.5 Å². The summed E-state index contributed by atoms with van der Waals surface area (Å²) < 4.78 is 5.31. The second-order valence-electron chi connectivity index (χ2n) is 5.54. The summed E-state index contributed by atoms with van der Waals surface area (Å²) in [7, 11) is 0. The summed E-state index contributed by atoms with van der Waals surface area (Å²) in [5, 5.41) is 0. The molecule has 17 heavy (non-hydrogen) atoms. The van der Waals surface area contributed by atoms with Gasteiger partial charge in [-0.25, -0.2) is 4.79 Å². The van der Waals surface area contributed by atoms with E-state index in [0.29, 0.717) is 5.41 Å². The first-order valence-corrected chi connectivity index (χ1v) is 6.80. The van der Waals surface area contributed by atoms with Crippen molar-refractivity contribution in [1.29, 1.82) is 0 Å². The number of ether oxygens (including phenoxy) is 1. The third kappa shape index (κ3) is 4.57. The van der Waals surface area contributed by atoms with Crippen molar-refractivity contribution in [1.82, 2.24) is 4.90 Å². The number of amides is 1. The molecule has 1 rings (SSSR count). The molecular weight excluding hydrogens is 214 g/mol. The Kier molecular flexibility index (Phi) is 6.00. The molecule has 1 aliphatic heterocycles. The van der Waals surface area contributed by atoms with E-state index in [2.05, 4.69) is 13.8 Å². The maximum absolute atomic E-state index is 11.7. The van der Waals surface area contributed by atoms with Crippen LogP contribution >= 0.6 is 0 Å². The van der Waals surface area contributed by atoms with Gasteiger partial charge in [-0.15, -0.1) is 0 Å². The number of likely N-dealkylation sites (tertiary alicyclic amines) is 1. The van der Waals surface area contributed by atoms with Crippen molar-refractivity contribution in [3.63, 3.8) is 0 Å². The third-order valence-corrected chi connectivity index (χ3v) is 3.20. The second-order valence-corrected chi connectivity index (χ2v) is 5.54. The van der Waals surface area contributed by atoms with Crippen molar-refractivity contribution in [3.05, 3.63) is 0 Å². The van der Waals surface area contributed by atoms with Gasteiger partial charge in [0.15, 0.2) is 0 Å². The van der Waals surface area contributed by atoms with Crippen LogP contribution < -0.4 is 0 Å². The average Bonchev–Trinajstić information content (AvgIpc) is 2.18. The van der Waals surface area contributed by atoms with Crippen LogP contribution in [-0.2, 0) is 4.74 Å². The summed E-state index contributed by atoms with van der Waals surface area (Å²) in [5.41, 5.74) is -0.0231. The van der Waals surface area contributed by atoms with Crippen molar-refractivity contribution in [2.75, 3.05) is 13.1 Å². The molecular formula is C14H29NO2. The molecule has 3 heteroatoms. The molecule has 0 aromatic heterocycles. The Morgan fingerprint density at radius 3 is 1.88 bits per heavy atom. The van der Waals surface area contributed by atoms with Crippen LogP contribution in [0.5, 0.6) is 0 Å². The fraction of sp³-hybridized carbons (Fsp3) is 0.929. The largest absolute Gasteiger partial charge is 0.444 e. The van der Waals surface area contributed by atoms with Crippen LogP contribution in [0.1, 0.15) is 61.3 Å². The molecule has 0 aromatic carbocycles. The summed E-state index contributed by atoms with van der Waals surface area (Å²) in [6.07, 6.45) is 2.12. The van der Waals surface area contributed by atoms with Crippen LogP contribution in [0.25, 0.3) is 0 Å². The van der Waals surface area contributed by atoms with Gasteiger partial charge in [0.05, 0.1) is 0 Å². The number of carbonyl (C=O) groups excluding carboxylic acids is 1. The first kappa shape index (κ1) is 16.3. The lowest BCUT2D eigenvalue weighted by Crippen LogP contribution is -2.58. The Morgan fingerprint density at radius 2 is 1.59 bits per heavy atom. The van der Waals surface area contributed by atoms with Gasteiger partial charge in [-0.1, -0.05) is 27.7 Å². The SMILES string of the molecule is CC.CCC1(CC)CN(C(=O)OC(C)(C)C)C1. The van der Waals surface area contributed by atoms with E-state index in [1.807, 2.05) is 34.6 Å². The van der Waals surface area contributed by atoms with E-state index < -0.39 is 0 Å². The first-order chi connectivity index (χ1) is 7.82. The van der Waals surface area contributed by atoms with Gasteiger partial charge in [-0.3, -0.25) is 0 Å². The molecule has 102 valence electrons. The zero-order valence-electron chi connectivity index (χ0n) is 12.6. The zero-order chi connectivity index (χ0) is 13.7. The van der Waals surface area contributed by atoms with Gasteiger partial charge in [0, 0.05) is 18.5 Å². The minimum absolute atomic E-state index is 0.167. The highest BCUT2D eigenvalue weighted by molar-refractivity contribution is 5.69. The molecule has 1 heterocycles. The lowest BCUT2D eigenvalue weighted by molar-refractivity contribution is -0.0373. The number of nitrogens with zero attached hydrogens (tertiary/aromatic N) is 1. The van der Waals surface area contributed by atoms with Crippen LogP contribution in [0, 0.1) is 5.41 Å². The number of hydrogen-bond donors (Lipinski definition) is 0. The Morgan fingerprint density at radius 1 is 1.18 bits per heavy atom. The lowest BCUT2D eigenvalue weighted by atomic mass is 9.75. The second kappa shape index (κ2) is 6.27. The summed E-state index contributed by atoms with van der Waals surface area (Å²) in [5.74, 6) is 0. The van der Waals surface area contributed by atoms with Crippen LogP contribution in [-0.4, -0.2) is 29.7 Å². The van der Waals surface area contributed by atoms with E-state index in [4.69, 9.17) is 4.74 Å². The summed E-state index contributed by atoms with van der Waals surface area (Å²) in [6, 6.07) is 0. The Balaban J connectivity index is 0.00000121. The van der Waals surface area contributed by atoms with E-state index in [-0.39, 0.29) is 11.7 Å². The van der Waals surface area contributed by atoms with Crippen molar-refractivity contribution >= 4 is 6.09 Å². The number of rotatable bonds is 2. The first-order valence-electron chi connectivity index (χ1n) is 6.80. The summed E-state index contributed by atoms with van der Waals surface area (Å²) in [4.78, 5) is 13.5. The molecule has 1 saturated heterocycles. The molecule has 0 saturated carbocycles. The van der Waals surface area contributed by atoms with Crippen LogP contribution in [0.4, 0.5) is 4.79 Å². The van der Waals surface area contributed by atoms with Gasteiger partial charge in [0.1, 0.15) is 5.60 Å². The number of carbonyl (C=O) groups is 1. The van der Waals surface area contributed by atoms with Gasteiger partial charge >= 0.3 is 6.09 Å². The normalized spacial score (nSPS) is 17.7. The predicted octanol–water partition coefficient (Wildman–Crippen LogP) is 4.07. The van der Waals surface area contributed by atoms with Gasteiger partial charge in [-0.2, -0.15) is 0 Å². The van der Waals surface area contributed by atoms with E-state index in [1.54, 1.807) is 4.90 Å². The molecule has 3 nitrogen and oxygen atoms in total. The molecule has 0 aromatic rings. The zero-order valence-corrected chi connectivity index (χ0v) is 12.6. The van der Waals surface area contributed by atoms with Gasteiger partial charge in [0.25, 0.3) is 0 Å². The average molecular weight is 243 g/mol. The molecule has 0 spiro atoms. The van der Waals surface area contributed by atoms with E-state index >= 15 is 0 Å². The Labute approximate surface area is 107 Å². The highest BCUT2D eigenvalue weighted by Gasteiger charge is 2.43.